The molecule has 0 fully saturated rings. The van der Waals surface area contributed by atoms with Gasteiger partial charge in [0.15, 0.2) is 5.96 Å². The lowest BCUT2D eigenvalue weighted by atomic mass is 9.92. The van der Waals surface area contributed by atoms with Crippen molar-refractivity contribution in [3.05, 3.63) is 68.8 Å². The molecule has 0 bridgehead atoms. The molecule has 2 aromatic rings. The number of benzene rings is 2. The first kappa shape index (κ1) is 32.5. The Morgan fingerprint density at radius 3 is 1.45 bits per heavy atom. The van der Waals surface area contributed by atoms with Gasteiger partial charge in [-0.2, -0.15) is 31.3 Å². The summed E-state index contributed by atoms with van der Waals surface area (Å²) in [5.74, 6) is -2.72. The molecule has 2 aromatic carbocycles. The van der Waals surface area contributed by atoms with Crippen LogP contribution in [0.3, 0.4) is 0 Å². The molecule has 6 nitrogen and oxygen atoms in total. The van der Waals surface area contributed by atoms with E-state index < -0.39 is 41.3 Å². The van der Waals surface area contributed by atoms with E-state index >= 15 is 0 Å². The van der Waals surface area contributed by atoms with Crippen LogP contribution in [0.2, 0.25) is 0 Å². The van der Waals surface area contributed by atoms with Gasteiger partial charge in [0.05, 0.1) is 23.8 Å². The number of nitrogens with zero attached hydrogens (tertiary/aromatic N) is 1. The fourth-order valence-corrected chi connectivity index (χ4v) is 3.64. The zero-order valence-electron chi connectivity index (χ0n) is 22.1. The summed E-state index contributed by atoms with van der Waals surface area (Å²) in [5, 5.41) is 0. The van der Waals surface area contributed by atoms with Gasteiger partial charge in [-0.05, 0) is 60.1 Å². The number of alkyl halides is 6. The highest BCUT2D eigenvalue weighted by Gasteiger charge is 2.36. The standard InChI is InChI=1S/C13H16F3N3O.C13H15F3O2/c1-6(2)8-4-7(3)9(11(20)19-12(17)18)5-10(8)13(14,15)16;1-7(2)9-5-8(3)10(12(17)18-4)6-11(9)13(14,15)16/h4-6H,1-3H3,(H4,17,18,19,20);5-7H,1-4H3. The first-order valence-corrected chi connectivity index (χ1v) is 11.4. The Balaban J connectivity index is 0.000000382. The van der Waals surface area contributed by atoms with Crippen LogP contribution in [0.5, 0.6) is 0 Å². The van der Waals surface area contributed by atoms with E-state index in [4.69, 9.17) is 11.5 Å². The number of carbonyl (C=O) groups excluding carboxylic acids is 2. The minimum Gasteiger partial charge on any atom is -0.465 e. The van der Waals surface area contributed by atoms with Crippen LogP contribution in [0.25, 0.3) is 0 Å². The van der Waals surface area contributed by atoms with Crippen molar-refractivity contribution in [3.8, 4) is 0 Å². The number of ether oxygens (including phenoxy) is 1. The Morgan fingerprint density at radius 2 is 1.13 bits per heavy atom. The highest BCUT2D eigenvalue weighted by Crippen LogP contribution is 2.38. The molecule has 210 valence electrons. The molecular formula is C26H31F6N3O3. The maximum atomic E-state index is 13.0. The summed E-state index contributed by atoms with van der Waals surface area (Å²) in [4.78, 5) is 26.4. The number of halogens is 6. The zero-order valence-corrected chi connectivity index (χ0v) is 22.1. The number of methoxy groups -OCH3 is 1. The second-order valence-corrected chi connectivity index (χ2v) is 9.15. The van der Waals surface area contributed by atoms with Gasteiger partial charge in [-0.15, -0.1) is 0 Å². The van der Waals surface area contributed by atoms with E-state index in [9.17, 15) is 35.9 Å². The van der Waals surface area contributed by atoms with Crippen molar-refractivity contribution in [1.82, 2.24) is 0 Å². The summed E-state index contributed by atoms with van der Waals surface area (Å²) in [5.41, 5.74) is 9.52. The van der Waals surface area contributed by atoms with Crippen molar-refractivity contribution < 1.29 is 40.7 Å². The van der Waals surface area contributed by atoms with Crippen molar-refractivity contribution in [3.63, 3.8) is 0 Å². The Morgan fingerprint density at radius 1 is 0.763 bits per heavy atom. The highest BCUT2D eigenvalue weighted by molar-refractivity contribution is 6.03. The number of hydrogen-bond acceptors (Lipinski definition) is 3. The number of aryl methyl sites for hydroxylation is 2. The van der Waals surface area contributed by atoms with Crippen LogP contribution in [-0.4, -0.2) is 24.9 Å². The fraction of sp³-hybridized carbons (Fsp3) is 0.423. The fourth-order valence-electron chi connectivity index (χ4n) is 3.64. The Bertz CT molecular complexity index is 1210. The van der Waals surface area contributed by atoms with Crippen molar-refractivity contribution in [1.29, 1.82) is 0 Å². The van der Waals surface area contributed by atoms with Crippen molar-refractivity contribution >= 4 is 17.8 Å². The van der Waals surface area contributed by atoms with E-state index in [1.54, 1.807) is 41.5 Å². The van der Waals surface area contributed by atoms with Gasteiger partial charge in [0.25, 0.3) is 5.91 Å². The molecular weight excluding hydrogens is 516 g/mol. The summed E-state index contributed by atoms with van der Waals surface area (Å²) in [6.07, 6.45) is -9.02. The summed E-state index contributed by atoms with van der Waals surface area (Å²) in [6, 6.07) is 4.43. The van der Waals surface area contributed by atoms with Gasteiger partial charge in [-0.1, -0.05) is 39.8 Å². The molecule has 1 amide bonds. The van der Waals surface area contributed by atoms with Gasteiger partial charge in [0, 0.05) is 5.56 Å². The first-order chi connectivity index (χ1) is 17.2. The van der Waals surface area contributed by atoms with Crippen LogP contribution in [0.15, 0.2) is 29.3 Å². The lowest BCUT2D eigenvalue weighted by molar-refractivity contribution is -0.139. The van der Waals surface area contributed by atoms with Gasteiger partial charge >= 0.3 is 18.3 Å². The molecule has 0 aromatic heterocycles. The normalized spacial score (nSPS) is 11.7. The van der Waals surface area contributed by atoms with E-state index in [2.05, 4.69) is 9.73 Å². The number of nitrogens with two attached hydrogens (primary N) is 2. The van der Waals surface area contributed by atoms with Crippen molar-refractivity contribution in [2.45, 2.75) is 65.7 Å². The van der Waals surface area contributed by atoms with Crippen LogP contribution in [0, 0.1) is 13.8 Å². The molecule has 0 aliphatic heterocycles. The van der Waals surface area contributed by atoms with Crippen LogP contribution in [0.1, 0.15) is 93.6 Å². The lowest BCUT2D eigenvalue weighted by Gasteiger charge is -2.18. The van der Waals surface area contributed by atoms with Crippen LogP contribution >= 0.6 is 0 Å². The maximum Gasteiger partial charge on any atom is 0.416 e. The van der Waals surface area contributed by atoms with Crippen LogP contribution < -0.4 is 11.5 Å². The summed E-state index contributed by atoms with van der Waals surface area (Å²) in [7, 11) is 1.14. The molecule has 0 atom stereocenters. The lowest BCUT2D eigenvalue weighted by Crippen LogP contribution is -2.24. The number of guanidine groups is 1. The topological polar surface area (TPSA) is 108 Å². The van der Waals surface area contributed by atoms with Gasteiger partial charge in [0.1, 0.15) is 0 Å². The molecule has 0 radical (unpaired) electrons. The predicted octanol–water partition coefficient (Wildman–Crippen LogP) is 6.47. The summed E-state index contributed by atoms with van der Waals surface area (Å²) >= 11 is 0. The number of carbonyl (C=O) groups is 2. The molecule has 0 heterocycles. The molecule has 0 aliphatic carbocycles. The third-order valence-electron chi connectivity index (χ3n) is 5.51. The molecule has 0 aliphatic rings. The average Bonchev–Trinajstić information content (AvgIpc) is 2.76. The van der Waals surface area contributed by atoms with Crippen LogP contribution in [-0.2, 0) is 17.1 Å². The summed E-state index contributed by atoms with van der Waals surface area (Å²) < 4.78 is 82.4. The van der Waals surface area contributed by atoms with Crippen molar-refractivity contribution in [2.24, 2.45) is 16.5 Å². The molecule has 0 saturated carbocycles. The minimum atomic E-state index is -4.54. The van der Waals surface area contributed by atoms with E-state index in [1.165, 1.54) is 12.1 Å². The second-order valence-electron chi connectivity index (χ2n) is 9.15. The molecule has 0 spiro atoms. The Kier molecular flexibility index (Phi) is 10.5. The van der Waals surface area contributed by atoms with E-state index in [-0.39, 0.29) is 34.1 Å². The molecule has 0 unspecified atom stereocenters. The third-order valence-corrected chi connectivity index (χ3v) is 5.51. The largest absolute Gasteiger partial charge is 0.465 e. The van der Waals surface area contributed by atoms with Gasteiger partial charge < -0.3 is 16.2 Å². The zero-order chi connectivity index (χ0) is 29.7. The smallest absolute Gasteiger partial charge is 0.416 e. The monoisotopic (exact) mass is 547 g/mol. The van der Waals surface area contributed by atoms with Gasteiger partial charge in [0.2, 0.25) is 0 Å². The number of hydrogen-bond donors (Lipinski definition) is 2. The van der Waals surface area contributed by atoms with E-state index in [0.717, 1.165) is 19.2 Å². The predicted molar refractivity (Wildman–Crippen MR) is 132 cm³/mol. The minimum absolute atomic E-state index is 0.0470. The molecule has 4 N–H and O–H groups in total. The highest BCUT2D eigenvalue weighted by atomic mass is 19.4. The average molecular weight is 548 g/mol. The maximum absolute atomic E-state index is 13.0. The third kappa shape index (κ3) is 8.22. The molecule has 12 heteroatoms. The van der Waals surface area contributed by atoms with E-state index in [0.29, 0.717) is 11.1 Å². The Hall–Kier alpha value is -3.57. The molecule has 0 saturated heterocycles. The quantitative estimate of drug-likeness (QED) is 0.197. The van der Waals surface area contributed by atoms with Crippen LogP contribution in [0.4, 0.5) is 26.3 Å². The summed E-state index contributed by atoms with van der Waals surface area (Å²) in [6.45, 7) is 9.81. The van der Waals surface area contributed by atoms with Gasteiger partial charge in [-0.25, -0.2) is 4.79 Å². The van der Waals surface area contributed by atoms with E-state index in [1.807, 2.05) is 0 Å². The molecule has 38 heavy (non-hydrogen) atoms. The number of aliphatic imine (C=N–C) groups is 1. The first-order valence-electron chi connectivity index (χ1n) is 11.4. The molecule has 2 rings (SSSR count). The SMILES string of the molecule is COC(=O)c1cc(C(F)(F)F)c(C(C)C)cc1C.Cc1cc(C(C)C)c(C(F)(F)F)cc1C(=O)N=C(N)N. The van der Waals surface area contributed by atoms with Gasteiger partial charge in [-0.3, -0.25) is 4.79 Å². The Labute approximate surface area is 217 Å². The number of amides is 1. The second kappa shape index (κ2) is 12.3. The number of esters is 1. The van der Waals surface area contributed by atoms with Crippen molar-refractivity contribution in [2.75, 3.05) is 7.11 Å². The number of rotatable bonds is 4.